The van der Waals surface area contributed by atoms with Crippen molar-refractivity contribution in [2.45, 2.75) is 87.5 Å². The molecule has 0 N–H and O–H groups in total. The van der Waals surface area contributed by atoms with Crippen LogP contribution in [0.3, 0.4) is 0 Å². The average molecular weight is 341 g/mol. The Morgan fingerprint density at radius 1 is 0.750 bits per heavy atom. The van der Waals surface area contributed by atoms with Gasteiger partial charge in [-0.05, 0) is 50.6 Å². The van der Waals surface area contributed by atoms with E-state index in [4.69, 9.17) is 0 Å². The number of carbonyl (C=O) groups is 1. The molecule has 2 heterocycles. The molecule has 2 rings (SSSR count). The van der Waals surface area contributed by atoms with Crippen molar-refractivity contribution in [3.05, 3.63) is 0 Å². The molecule has 0 bridgehead atoms. The van der Waals surface area contributed by atoms with Crippen molar-refractivity contribution in [3.63, 3.8) is 0 Å². The highest BCUT2D eigenvalue weighted by molar-refractivity contribution is 5.81. The van der Waals surface area contributed by atoms with E-state index in [1.54, 1.807) is 0 Å². The van der Waals surface area contributed by atoms with E-state index in [1.165, 1.54) is 58.2 Å². The standard InChI is InChI=1S/C10H19NO.C10H21N.CH4/c1-10(2,3)9(12)11-7-5-4-6-8-11;1-10(2,3)9-11-7-5-4-6-8-11;/h4-8H2,1-3H3;4-9H2,1-3H3;1H4. The first-order valence-electron chi connectivity index (χ1n) is 9.61. The predicted molar refractivity (Wildman–Crippen MR) is 106 cm³/mol. The maximum Gasteiger partial charge on any atom is 0.227 e. The van der Waals surface area contributed by atoms with E-state index in [-0.39, 0.29) is 12.8 Å². The third-order valence-electron chi connectivity index (χ3n) is 4.43. The topological polar surface area (TPSA) is 23.6 Å². The number of hydrogen-bond acceptors (Lipinski definition) is 2. The van der Waals surface area contributed by atoms with E-state index < -0.39 is 0 Å². The van der Waals surface area contributed by atoms with Gasteiger partial charge in [0.2, 0.25) is 5.91 Å². The van der Waals surface area contributed by atoms with Crippen LogP contribution in [0.15, 0.2) is 0 Å². The summed E-state index contributed by atoms with van der Waals surface area (Å²) in [6, 6.07) is 0. The minimum atomic E-state index is -0.197. The van der Waals surface area contributed by atoms with E-state index in [1.807, 2.05) is 25.7 Å². The van der Waals surface area contributed by atoms with Crippen molar-refractivity contribution in [2.75, 3.05) is 32.7 Å². The molecule has 144 valence electrons. The number of carbonyl (C=O) groups excluding carboxylic acids is 1. The van der Waals surface area contributed by atoms with Gasteiger partial charge in [-0.1, -0.05) is 55.4 Å². The Kier molecular flexibility index (Phi) is 10.2. The van der Waals surface area contributed by atoms with Crippen LogP contribution < -0.4 is 0 Å². The molecule has 1 amide bonds. The van der Waals surface area contributed by atoms with Crippen molar-refractivity contribution in [3.8, 4) is 0 Å². The van der Waals surface area contributed by atoms with E-state index in [9.17, 15) is 4.79 Å². The Balaban J connectivity index is 0.000000425. The van der Waals surface area contributed by atoms with Gasteiger partial charge in [0, 0.05) is 25.0 Å². The molecule has 0 aromatic rings. The lowest BCUT2D eigenvalue weighted by molar-refractivity contribution is -0.140. The van der Waals surface area contributed by atoms with Crippen LogP contribution in [0.1, 0.15) is 87.5 Å². The fourth-order valence-corrected chi connectivity index (χ4v) is 3.36. The number of nitrogens with zero attached hydrogens (tertiary/aromatic N) is 2. The highest BCUT2D eigenvalue weighted by Crippen LogP contribution is 2.20. The van der Waals surface area contributed by atoms with Gasteiger partial charge in [-0.3, -0.25) is 4.79 Å². The molecule has 0 aliphatic carbocycles. The van der Waals surface area contributed by atoms with Gasteiger partial charge in [0.1, 0.15) is 0 Å². The molecule has 3 heteroatoms. The Morgan fingerprint density at radius 2 is 1.17 bits per heavy atom. The fourth-order valence-electron chi connectivity index (χ4n) is 3.36. The first-order chi connectivity index (χ1) is 10.6. The van der Waals surface area contributed by atoms with E-state index in [2.05, 4.69) is 25.7 Å². The Hall–Kier alpha value is -0.570. The summed E-state index contributed by atoms with van der Waals surface area (Å²) in [5, 5.41) is 0. The number of likely N-dealkylation sites (tertiary alicyclic amines) is 2. The molecule has 3 nitrogen and oxygen atoms in total. The molecule has 0 spiro atoms. The van der Waals surface area contributed by atoms with Crippen molar-refractivity contribution in [1.82, 2.24) is 9.80 Å². The van der Waals surface area contributed by atoms with Crippen molar-refractivity contribution < 1.29 is 4.79 Å². The third-order valence-corrected chi connectivity index (χ3v) is 4.43. The second-order valence-corrected chi connectivity index (χ2v) is 9.50. The van der Waals surface area contributed by atoms with Gasteiger partial charge in [-0.15, -0.1) is 0 Å². The van der Waals surface area contributed by atoms with Gasteiger partial charge in [0.05, 0.1) is 0 Å². The zero-order chi connectivity index (χ0) is 17.5. The monoisotopic (exact) mass is 340 g/mol. The van der Waals surface area contributed by atoms with E-state index in [0.29, 0.717) is 11.3 Å². The van der Waals surface area contributed by atoms with Crippen LogP contribution in [-0.2, 0) is 4.79 Å². The summed E-state index contributed by atoms with van der Waals surface area (Å²) < 4.78 is 0. The predicted octanol–water partition coefficient (Wildman–Crippen LogP) is 5.20. The molecule has 0 unspecified atom stereocenters. The molecule has 24 heavy (non-hydrogen) atoms. The normalized spacial score (nSPS) is 19.8. The molecule has 0 saturated carbocycles. The Labute approximate surface area is 152 Å². The summed E-state index contributed by atoms with van der Waals surface area (Å²) in [6.07, 6.45) is 7.92. The number of rotatable bonds is 1. The van der Waals surface area contributed by atoms with Crippen LogP contribution in [0, 0.1) is 10.8 Å². The summed E-state index contributed by atoms with van der Waals surface area (Å²) in [7, 11) is 0. The minimum absolute atomic E-state index is 0. The molecule has 0 aromatic carbocycles. The molecule has 0 radical (unpaired) electrons. The second-order valence-electron chi connectivity index (χ2n) is 9.50. The van der Waals surface area contributed by atoms with Crippen LogP contribution in [0.5, 0.6) is 0 Å². The van der Waals surface area contributed by atoms with Gasteiger partial charge < -0.3 is 9.80 Å². The number of amides is 1. The SMILES string of the molecule is C.CC(C)(C)C(=O)N1CCCCC1.CC(C)(C)CN1CCCCC1. The molecule has 2 aliphatic heterocycles. The Bertz CT molecular complexity index is 340. The van der Waals surface area contributed by atoms with Crippen LogP contribution in [0.4, 0.5) is 0 Å². The van der Waals surface area contributed by atoms with Gasteiger partial charge in [0.25, 0.3) is 0 Å². The molecule has 0 atom stereocenters. The number of piperidine rings is 2. The molecule has 2 fully saturated rings. The Morgan fingerprint density at radius 3 is 1.54 bits per heavy atom. The summed E-state index contributed by atoms with van der Waals surface area (Å²) in [5.74, 6) is 0.308. The lowest BCUT2D eigenvalue weighted by Crippen LogP contribution is -2.42. The lowest BCUT2D eigenvalue weighted by atomic mass is 9.93. The summed E-state index contributed by atoms with van der Waals surface area (Å²) in [4.78, 5) is 16.3. The quantitative estimate of drug-likeness (QED) is 0.655. The van der Waals surface area contributed by atoms with Crippen molar-refractivity contribution in [2.24, 2.45) is 10.8 Å². The van der Waals surface area contributed by atoms with Crippen LogP contribution >= 0.6 is 0 Å². The smallest absolute Gasteiger partial charge is 0.227 e. The number of hydrogen-bond donors (Lipinski definition) is 0. The van der Waals surface area contributed by atoms with Crippen LogP contribution in [0.2, 0.25) is 0 Å². The maximum atomic E-state index is 11.7. The van der Waals surface area contributed by atoms with Gasteiger partial charge in [-0.2, -0.15) is 0 Å². The van der Waals surface area contributed by atoms with Gasteiger partial charge in [-0.25, -0.2) is 0 Å². The maximum absolute atomic E-state index is 11.7. The first-order valence-corrected chi connectivity index (χ1v) is 9.61. The minimum Gasteiger partial charge on any atom is -0.342 e. The zero-order valence-electron chi connectivity index (χ0n) is 16.6. The first kappa shape index (κ1) is 23.4. The molecule has 2 aliphatic rings. The molecular formula is C21H44N2O. The fraction of sp³-hybridized carbons (Fsp3) is 0.952. The molecule has 2 saturated heterocycles. The second kappa shape index (κ2) is 10.4. The summed E-state index contributed by atoms with van der Waals surface area (Å²) in [6.45, 7) is 18.8. The molecular weight excluding hydrogens is 296 g/mol. The van der Waals surface area contributed by atoms with Gasteiger partial charge in [0.15, 0.2) is 0 Å². The van der Waals surface area contributed by atoms with E-state index in [0.717, 1.165) is 13.1 Å². The summed E-state index contributed by atoms with van der Waals surface area (Å²) >= 11 is 0. The largest absolute Gasteiger partial charge is 0.342 e. The van der Waals surface area contributed by atoms with Crippen molar-refractivity contribution in [1.29, 1.82) is 0 Å². The zero-order valence-corrected chi connectivity index (χ0v) is 16.6. The van der Waals surface area contributed by atoms with Crippen LogP contribution in [-0.4, -0.2) is 48.4 Å². The van der Waals surface area contributed by atoms with Crippen molar-refractivity contribution >= 4 is 5.91 Å². The van der Waals surface area contributed by atoms with Gasteiger partial charge >= 0.3 is 0 Å². The van der Waals surface area contributed by atoms with E-state index >= 15 is 0 Å². The third kappa shape index (κ3) is 9.66. The lowest BCUT2D eigenvalue weighted by Gasteiger charge is -2.32. The molecule has 0 aromatic heterocycles. The average Bonchev–Trinajstić information content (AvgIpc) is 2.46. The highest BCUT2D eigenvalue weighted by Gasteiger charge is 2.27. The van der Waals surface area contributed by atoms with Crippen LogP contribution in [0.25, 0.3) is 0 Å². The highest BCUT2D eigenvalue weighted by atomic mass is 16.2. The summed E-state index contributed by atoms with van der Waals surface area (Å²) in [5.41, 5.74) is 0.286.